The van der Waals surface area contributed by atoms with Crippen LogP contribution in [0, 0.1) is 0 Å². The van der Waals surface area contributed by atoms with E-state index in [1.807, 2.05) is 0 Å². The van der Waals surface area contributed by atoms with Crippen molar-refractivity contribution in [1.82, 2.24) is 20.1 Å². The summed E-state index contributed by atoms with van der Waals surface area (Å²) < 4.78 is 0. The molecule has 1 aliphatic heterocycles. The summed E-state index contributed by atoms with van der Waals surface area (Å²) in [6, 6.07) is 6.42. The summed E-state index contributed by atoms with van der Waals surface area (Å²) in [6.07, 6.45) is 3.70. The number of nitrogens with one attached hydrogen (secondary N) is 1. The number of aryl methyl sites for hydroxylation is 2. The van der Waals surface area contributed by atoms with Crippen LogP contribution < -0.4 is 10.2 Å². The third kappa shape index (κ3) is 3.64. The second kappa shape index (κ2) is 7.57. The van der Waals surface area contributed by atoms with Crippen LogP contribution in [-0.4, -0.2) is 53.3 Å². The average Bonchev–Trinajstić information content (AvgIpc) is 2.62. The Morgan fingerprint density at radius 1 is 1.04 bits per heavy atom. The van der Waals surface area contributed by atoms with Crippen LogP contribution in [0.25, 0.3) is 0 Å². The highest BCUT2D eigenvalue weighted by molar-refractivity contribution is 5.64. The van der Waals surface area contributed by atoms with Gasteiger partial charge in [0.1, 0.15) is 0 Å². The lowest BCUT2D eigenvalue weighted by molar-refractivity contribution is 0.312. The Bertz CT molecular complexity index is 657. The molecule has 2 aromatic rings. The van der Waals surface area contributed by atoms with Crippen molar-refractivity contribution in [3.8, 4) is 0 Å². The van der Waals surface area contributed by atoms with Crippen molar-refractivity contribution in [3.05, 3.63) is 35.5 Å². The summed E-state index contributed by atoms with van der Waals surface area (Å²) in [5.74, 6) is 1.47. The molecule has 6 heteroatoms. The summed E-state index contributed by atoms with van der Waals surface area (Å²) in [7, 11) is 2.15. The van der Waals surface area contributed by atoms with Gasteiger partial charge < -0.3 is 15.1 Å². The quantitative estimate of drug-likeness (QED) is 0.911. The summed E-state index contributed by atoms with van der Waals surface area (Å²) in [4.78, 5) is 9.29. The molecule has 0 atom stereocenters. The van der Waals surface area contributed by atoms with Gasteiger partial charge in [0.25, 0.3) is 0 Å². The molecule has 0 spiro atoms. The Morgan fingerprint density at radius 2 is 1.71 bits per heavy atom. The Balaban J connectivity index is 1.83. The molecule has 0 aliphatic carbocycles. The van der Waals surface area contributed by atoms with Gasteiger partial charge in [-0.1, -0.05) is 32.0 Å². The van der Waals surface area contributed by atoms with Crippen molar-refractivity contribution < 1.29 is 0 Å². The number of aromatic nitrogens is 3. The minimum atomic E-state index is 0.571. The SMILES string of the molecule is CCc1cccc(CC)c1Nc1nncc(N2CCN(C)CC2)n1. The molecule has 6 nitrogen and oxygen atoms in total. The molecule has 0 amide bonds. The van der Waals surface area contributed by atoms with E-state index in [9.17, 15) is 0 Å². The van der Waals surface area contributed by atoms with Crippen molar-refractivity contribution >= 4 is 17.5 Å². The Hall–Kier alpha value is -2.21. The zero-order chi connectivity index (χ0) is 16.9. The molecular formula is C18H26N6. The number of piperazine rings is 1. The van der Waals surface area contributed by atoms with E-state index in [4.69, 9.17) is 4.98 Å². The zero-order valence-corrected chi connectivity index (χ0v) is 14.8. The van der Waals surface area contributed by atoms with Crippen molar-refractivity contribution in [1.29, 1.82) is 0 Å². The third-order valence-electron chi connectivity index (χ3n) is 4.61. The van der Waals surface area contributed by atoms with Crippen molar-refractivity contribution in [2.45, 2.75) is 26.7 Å². The van der Waals surface area contributed by atoms with Gasteiger partial charge in [0, 0.05) is 31.9 Å². The van der Waals surface area contributed by atoms with E-state index in [1.54, 1.807) is 6.20 Å². The molecule has 0 bridgehead atoms. The highest BCUT2D eigenvalue weighted by Crippen LogP contribution is 2.25. The summed E-state index contributed by atoms with van der Waals surface area (Å²) in [5, 5.41) is 11.8. The van der Waals surface area contributed by atoms with Gasteiger partial charge in [-0.05, 0) is 31.0 Å². The molecule has 1 aromatic carbocycles. The maximum Gasteiger partial charge on any atom is 0.249 e. The number of hydrogen-bond acceptors (Lipinski definition) is 6. The molecule has 24 heavy (non-hydrogen) atoms. The fourth-order valence-electron chi connectivity index (χ4n) is 3.05. The Kier molecular flexibility index (Phi) is 5.25. The van der Waals surface area contributed by atoms with Crippen molar-refractivity contribution in [2.75, 3.05) is 43.4 Å². The highest BCUT2D eigenvalue weighted by Gasteiger charge is 2.17. The van der Waals surface area contributed by atoms with Crippen LogP contribution in [0.15, 0.2) is 24.4 Å². The predicted molar refractivity (Wildman–Crippen MR) is 98.0 cm³/mol. The van der Waals surface area contributed by atoms with Crippen LogP contribution in [0.4, 0.5) is 17.5 Å². The Labute approximate surface area is 143 Å². The smallest absolute Gasteiger partial charge is 0.249 e. The fraction of sp³-hybridized carbons (Fsp3) is 0.500. The van der Waals surface area contributed by atoms with Gasteiger partial charge in [-0.2, -0.15) is 10.1 Å². The lowest BCUT2D eigenvalue weighted by Crippen LogP contribution is -2.44. The molecule has 0 saturated carbocycles. The van der Waals surface area contributed by atoms with Gasteiger partial charge in [0.05, 0.1) is 6.20 Å². The molecule has 128 valence electrons. The second-order valence-corrected chi connectivity index (χ2v) is 6.21. The number of benzene rings is 1. The summed E-state index contributed by atoms with van der Waals surface area (Å²) in [5.41, 5.74) is 3.69. The number of likely N-dealkylation sites (N-methyl/N-ethyl adjacent to an activating group) is 1. The first-order chi connectivity index (χ1) is 11.7. The molecule has 3 rings (SSSR count). The minimum absolute atomic E-state index is 0.571. The van der Waals surface area contributed by atoms with E-state index in [-0.39, 0.29) is 0 Å². The predicted octanol–water partition coefficient (Wildman–Crippen LogP) is 2.49. The van der Waals surface area contributed by atoms with Gasteiger partial charge in [0.2, 0.25) is 5.95 Å². The van der Waals surface area contributed by atoms with Gasteiger partial charge in [-0.15, -0.1) is 5.10 Å². The first-order valence-electron chi connectivity index (χ1n) is 8.72. The topological polar surface area (TPSA) is 57.2 Å². The molecule has 1 fully saturated rings. The zero-order valence-electron chi connectivity index (χ0n) is 14.8. The van der Waals surface area contributed by atoms with E-state index in [1.165, 1.54) is 11.1 Å². The molecule has 0 unspecified atom stereocenters. The Morgan fingerprint density at radius 3 is 2.33 bits per heavy atom. The monoisotopic (exact) mass is 326 g/mol. The van der Waals surface area contributed by atoms with Crippen molar-refractivity contribution in [2.24, 2.45) is 0 Å². The van der Waals surface area contributed by atoms with E-state index in [2.05, 4.69) is 64.4 Å². The van der Waals surface area contributed by atoms with Crippen LogP contribution in [0.1, 0.15) is 25.0 Å². The number of hydrogen-bond donors (Lipinski definition) is 1. The normalized spacial score (nSPS) is 15.5. The largest absolute Gasteiger partial charge is 0.353 e. The van der Waals surface area contributed by atoms with Crippen LogP contribution in [0.3, 0.4) is 0 Å². The number of nitrogens with zero attached hydrogens (tertiary/aromatic N) is 5. The standard InChI is InChI=1S/C18H26N6/c1-4-14-7-6-8-15(5-2)17(14)21-18-20-16(13-19-22-18)24-11-9-23(3)10-12-24/h6-8,13H,4-5,9-12H2,1-3H3,(H,20,21,22). The first kappa shape index (κ1) is 16.6. The van der Waals surface area contributed by atoms with E-state index < -0.39 is 0 Å². The molecule has 1 aromatic heterocycles. The molecule has 1 N–H and O–H groups in total. The molecule has 0 radical (unpaired) electrons. The summed E-state index contributed by atoms with van der Waals surface area (Å²) >= 11 is 0. The van der Waals surface area contributed by atoms with Gasteiger partial charge in [0.15, 0.2) is 5.82 Å². The highest BCUT2D eigenvalue weighted by atomic mass is 15.3. The molecule has 1 saturated heterocycles. The van der Waals surface area contributed by atoms with E-state index >= 15 is 0 Å². The third-order valence-corrected chi connectivity index (χ3v) is 4.61. The maximum absolute atomic E-state index is 4.69. The van der Waals surface area contributed by atoms with Crippen LogP contribution in [-0.2, 0) is 12.8 Å². The van der Waals surface area contributed by atoms with Gasteiger partial charge in [-0.25, -0.2) is 0 Å². The summed E-state index contributed by atoms with van der Waals surface area (Å²) in [6.45, 7) is 8.37. The minimum Gasteiger partial charge on any atom is -0.353 e. The molecule has 1 aliphatic rings. The molecular weight excluding hydrogens is 300 g/mol. The first-order valence-corrected chi connectivity index (χ1v) is 8.72. The number of para-hydroxylation sites is 1. The van der Waals surface area contributed by atoms with Crippen molar-refractivity contribution in [3.63, 3.8) is 0 Å². The number of anilines is 3. The molecule has 2 heterocycles. The van der Waals surface area contributed by atoms with Crippen LogP contribution >= 0.6 is 0 Å². The lowest BCUT2D eigenvalue weighted by Gasteiger charge is -2.32. The fourth-order valence-corrected chi connectivity index (χ4v) is 3.05. The van der Waals surface area contributed by atoms with Crippen LogP contribution in [0.5, 0.6) is 0 Å². The maximum atomic E-state index is 4.69. The lowest BCUT2D eigenvalue weighted by atomic mass is 10.0. The van der Waals surface area contributed by atoms with E-state index in [0.29, 0.717) is 5.95 Å². The number of rotatable bonds is 5. The second-order valence-electron chi connectivity index (χ2n) is 6.21. The van der Waals surface area contributed by atoms with Gasteiger partial charge in [-0.3, -0.25) is 0 Å². The van der Waals surface area contributed by atoms with Gasteiger partial charge >= 0.3 is 0 Å². The average molecular weight is 326 g/mol. The van der Waals surface area contributed by atoms with E-state index in [0.717, 1.165) is 50.5 Å². The van der Waals surface area contributed by atoms with Crippen LogP contribution in [0.2, 0.25) is 0 Å².